The molecular weight excluding hydrogens is 483 g/mol. The van der Waals surface area contributed by atoms with Crippen LogP contribution in [0.4, 0.5) is 0 Å². The number of amides is 2. The molecule has 0 heterocycles. The molecule has 0 fully saturated rings. The highest BCUT2D eigenvalue weighted by Gasteiger charge is 2.30. The highest BCUT2D eigenvalue weighted by Crippen LogP contribution is 2.24. The Morgan fingerprint density at radius 1 is 0.943 bits per heavy atom. The zero-order valence-electron chi connectivity index (χ0n) is 20.0. The highest BCUT2D eigenvalue weighted by atomic mass is 35.5. The largest absolute Gasteiger partial charge is 0.484 e. The Bertz CT molecular complexity index is 1140. The van der Waals surface area contributed by atoms with Crippen LogP contribution in [0.15, 0.2) is 72.8 Å². The SMILES string of the molecule is CCCNC(=O)[C@@H](Cc1ccccc1)N(Cc1ccc(Cl)c(Cl)c1)C(=O)COc1cccc(C)c1. The van der Waals surface area contributed by atoms with Gasteiger partial charge in [0.1, 0.15) is 11.8 Å². The molecule has 0 aliphatic rings. The van der Waals surface area contributed by atoms with E-state index in [0.717, 1.165) is 23.1 Å². The standard InChI is InChI=1S/C28H30Cl2N2O3/c1-3-14-31-28(34)26(17-21-9-5-4-6-10-21)32(18-22-12-13-24(29)25(30)16-22)27(33)19-35-23-11-7-8-20(2)15-23/h4-13,15-16,26H,3,14,17-19H2,1-2H3,(H,31,34)/t26-/m1/s1. The molecule has 0 saturated carbocycles. The van der Waals surface area contributed by atoms with Gasteiger partial charge in [-0.2, -0.15) is 0 Å². The zero-order valence-corrected chi connectivity index (χ0v) is 21.5. The van der Waals surface area contributed by atoms with Crippen molar-refractivity contribution in [1.29, 1.82) is 0 Å². The number of nitrogens with one attached hydrogen (secondary N) is 1. The Labute approximate surface area is 217 Å². The van der Waals surface area contributed by atoms with Gasteiger partial charge in [0.15, 0.2) is 6.61 Å². The van der Waals surface area contributed by atoms with E-state index < -0.39 is 6.04 Å². The number of ether oxygens (including phenoxy) is 1. The minimum absolute atomic E-state index is 0.184. The van der Waals surface area contributed by atoms with Crippen LogP contribution in [0, 0.1) is 6.92 Å². The summed E-state index contributed by atoms with van der Waals surface area (Å²) in [4.78, 5) is 28.4. The topological polar surface area (TPSA) is 58.6 Å². The highest BCUT2D eigenvalue weighted by molar-refractivity contribution is 6.42. The Hall–Kier alpha value is -3.02. The molecule has 3 aromatic carbocycles. The molecule has 0 aromatic heterocycles. The normalized spacial score (nSPS) is 11.5. The molecule has 3 rings (SSSR count). The van der Waals surface area contributed by atoms with Gasteiger partial charge in [-0.15, -0.1) is 0 Å². The van der Waals surface area contributed by atoms with Crippen LogP contribution in [-0.2, 0) is 22.6 Å². The van der Waals surface area contributed by atoms with Crippen molar-refractivity contribution in [2.45, 2.75) is 39.3 Å². The molecule has 0 spiro atoms. The van der Waals surface area contributed by atoms with Crippen molar-refractivity contribution in [1.82, 2.24) is 10.2 Å². The van der Waals surface area contributed by atoms with E-state index in [1.54, 1.807) is 29.2 Å². The lowest BCUT2D eigenvalue weighted by atomic mass is 10.0. The molecule has 5 nitrogen and oxygen atoms in total. The van der Waals surface area contributed by atoms with E-state index in [2.05, 4.69) is 5.32 Å². The Morgan fingerprint density at radius 3 is 2.40 bits per heavy atom. The maximum Gasteiger partial charge on any atom is 0.261 e. The molecule has 7 heteroatoms. The minimum atomic E-state index is -0.730. The van der Waals surface area contributed by atoms with Gasteiger partial charge in [-0.3, -0.25) is 9.59 Å². The van der Waals surface area contributed by atoms with Gasteiger partial charge in [-0.05, 0) is 54.3 Å². The lowest BCUT2D eigenvalue weighted by Gasteiger charge is -2.31. The minimum Gasteiger partial charge on any atom is -0.484 e. The van der Waals surface area contributed by atoms with Crippen LogP contribution in [-0.4, -0.2) is 35.9 Å². The number of hydrogen-bond acceptors (Lipinski definition) is 3. The summed E-state index contributed by atoms with van der Waals surface area (Å²) < 4.78 is 5.80. The number of halogens is 2. The molecule has 0 aliphatic carbocycles. The fourth-order valence-corrected chi connectivity index (χ4v) is 4.01. The first-order valence-corrected chi connectivity index (χ1v) is 12.4. The fraction of sp³-hybridized carbons (Fsp3) is 0.286. The average molecular weight is 513 g/mol. The smallest absolute Gasteiger partial charge is 0.261 e. The predicted octanol–water partition coefficient (Wildman–Crippen LogP) is 5.85. The lowest BCUT2D eigenvalue weighted by Crippen LogP contribution is -2.51. The number of benzene rings is 3. The molecule has 0 radical (unpaired) electrons. The van der Waals surface area contributed by atoms with Gasteiger partial charge >= 0.3 is 0 Å². The van der Waals surface area contributed by atoms with E-state index in [-0.39, 0.29) is 25.0 Å². The van der Waals surface area contributed by atoms with Crippen LogP contribution in [0.25, 0.3) is 0 Å². The van der Waals surface area contributed by atoms with Crippen LogP contribution >= 0.6 is 23.2 Å². The van der Waals surface area contributed by atoms with Gasteiger partial charge in [0, 0.05) is 19.5 Å². The summed E-state index contributed by atoms with van der Waals surface area (Å²) in [5.74, 6) is 0.0905. The Balaban J connectivity index is 1.91. The van der Waals surface area contributed by atoms with Gasteiger partial charge < -0.3 is 15.0 Å². The maximum absolute atomic E-state index is 13.5. The van der Waals surface area contributed by atoms with Crippen molar-refractivity contribution >= 4 is 35.0 Å². The summed E-state index contributed by atoms with van der Waals surface area (Å²) in [5, 5.41) is 3.77. The van der Waals surface area contributed by atoms with Gasteiger partial charge in [-0.25, -0.2) is 0 Å². The van der Waals surface area contributed by atoms with Crippen molar-refractivity contribution in [2.75, 3.05) is 13.2 Å². The average Bonchev–Trinajstić information content (AvgIpc) is 2.86. The monoisotopic (exact) mass is 512 g/mol. The van der Waals surface area contributed by atoms with Crippen molar-refractivity contribution in [3.8, 4) is 5.75 Å². The summed E-state index contributed by atoms with van der Waals surface area (Å²) in [6, 6.07) is 21.6. The van der Waals surface area contributed by atoms with Crippen LogP contribution in [0.2, 0.25) is 10.0 Å². The van der Waals surface area contributed by atoms with E-state index >= 15 is 0 Å². The molecule has 184 valence electrons. The third-order valence-electron chi connectivity index (χ3n) is 5.51. The number of aryl methyl sites for hydroxylation is 1. The van der Waals surface area contributed by atoms with Crippen molar-refractivity contribution in [3.63, 3.8) is 0 Å². The third-order valence-corrected chi connectivity index (χ3v) is 6.25. The number of rotatable bonds is 11. The number of nitrogens with zero attached hydrogens (tertiary/aromatic N) is 1. The molecule has 3 aromatic rings. The number of carbonyl (C=O) groups is 2. The van der Waals surface area contributed by atoms with E-state index in [0.29, 0.717) is 28.8 Å². The van der Waals surface area contributed by atoms with Gasteiger partial charge in [-0.1, -0.05) is 78.7 Å². The summed E-state index contributed by atoms with van der Waals surface area (Å²) in [5.41, 5.74) is 2.75. The number of carbonyl (C=O) groups excluding carboxylic acids is 2. The van der Waals surface area contributed by atoms with E-state index in [1.807, 2.05) is 62.4 Å². The predicted molar refractivity (Wildman–Crippen MR) is 141 cm³/mol. The summed E-state index contributed by atoms with van der Waals surface area (Å²) in [6.07, 6.45) is 1.16. The molecule has 1 N–H and O–H groups in total. The van der Waals surface area contributed by atoms with E-state index in [9.17, 15) is 9.59 Å². The van der Waals surface area contributed by atoms with Crippen LogP contribution in [0.3, 0.4) is 0 Å². The summed E-state index contributed by atoms with van der Waals surface area (Å²) in [6.45, 7) is 4.46. The van der Waals surface area contributed by atoms with Crippen LogP contribution < -0.4 is 10.1 Å². The molecule has 0 bridgehead atoms. The zero-order chi connectivity index (χ0) is 25.2. The lowest BCUT2D eigenvalue weighted by molar-refractivity contribution is -0.142. The van der Waals surface area contributed by atoms with Crippen molar-refractivity contribution < 1.29 is 14.3 Å². The molecule has 0 unspecified atom stereocenters. The number of hydrogen-bond donors (Lipinski definition) is 1. The van der Waals surface area contributed by atoms with Crippen molar-refractivity contribution in [2.24, 2.45) is 0 Å². The second kappa shape index (κ2) is 13.2. The molecule has 0 aliphatic heterocycles. The van der Waals surface area contributed by atoms with Crippen LogP contribution in [0.5, 0.6) is 5.75 Å². The first kappa shape index (κ1) is 26.6. The molecular formula is C28H30Cl2N2O3. The van der Waals surface area contributed by atoms with Crippen LogP contribution in [0.1, 0.15) is 30.0 Å². The summed E-state index contributed by atoms with van der Waals surface area (Å²) >= 11 is 12.3. The quantitative estimate of drug-likeness (QED) is 0.350. The second-order valence-electron chi connectivity index (χ2n) is 8.37. The molecule has 0 saturated heterocycles. The fourth-order valence-electron chi connectivity index (χ4n) is 3.69. The van der Waals surface area contributed by atoms with Crippen molar-refractivity contribution in [3.05, 3.63) is 99.5 Å². The maximum atomic E-state index is 13.5. The summed E-state index contributed by atoms with van der Waals surface area (Å²) in [7, 11) is 0. The second-order valence-corrected chi connectivity index (χ2v) is 9.19. The van der Waals surface area contributed by atoms with Gasteiger partial charge in [0.2, 0.25) is 5.91 Å². The molecule has 1 atom stereocenters. The third kappa shape index (κ3) is 8.01. The van der Waals surface area contributed by atoms with Gasteiger partial charge in [0.05, 0.1) is 10.0 Å². The first-order valence-electron chi connectivity index (χ1n) is 11.6. The van der Waals surface area contributed by atoms with E-state index in [1.165, 1.54) is 0 Å². The Morgan fingerprint density at radius 2 is 1.71 bits per heavy atom. The van der Waals surface area contributed by atoms with E-state index in [4.69, 9.17) is 27.9 Å². The molecule has 35 heavy (non-hydrogen) atoms. The first-order chi connectivity index (χ1) is 16.9. The van der Waals surface area contributed by atoms with Gasteiger partial charge in [0.25, 0.3) is 5.91 Å². The molecule has 2 amide bonds. The Kier molecular flexibility index (Phi) is 10.0.